The van der Waals surface area contributed by atoms with Gasteiger partial charge in [-0.05, 0) is 44.3 Å². The zero-order valence-corrected chi connectivity index (χ0v) is 9.76. The summed E-state index contributed by atoms with van der Waals surface area (Å²) in [4.78, 5) is 2.47. The molecule has 0 amide bonds. The number of rotatable bonds is 3. The van der Waals surface area contributed by atoms with Crippen LogP contribution in [0.25, 0.3) is 0 Å². The van der Waals surface area contributed by atoms with Gasteiger partial charge in [0.05, 0.1) is 0 Å². The van der Waals surface area contributed by atoms with E-state index in [0.29, 0.717) is 5.92 Å². The topological polar surface area (TPSA) is 29.3 Å². The van der Waals surface area contributed by atoms with Crippen molar-refractivity contribution in [3.05, 3.63) is 11.1 Å². The second-order valence-corrected chi connectivity index (χ2v) is 4.51. The van der Waals surface area contributed by atoms with Gasteiger partial charge in [0.15, 0.2) is 0 Å². The van der Waals surface area contributed by atoms with E-state index in [1.54, 1.807) is 5.54 Å². The highest BCUT2D eigenvalue weighted by Gasteiger charge is 2.16. The van der Waals surface area contributed by atoms with Gasteiger partial charge in [-0.15, -0.1) is 0 Å². The van der Waals surface area contributed by atoms with Crippen LogP contribution in [0.3, 0.4) is 0 Å². The fourth-order valence-corrected chi connectivity index (χ4v) is 2.11. The maximum absolute atomic E-state index is 5.73. The van der Waals surface area contributed by atoms with E-state index in [2.05, 4.69) is 11.8 Å². The summed E-state index contributed by atoms with van der Waals surface area (Å²) in [6.45, 7) is 6.23. The summed E-state index contributed by atoms with van der Waals surface area (Å²) < 4.78 is 0. The molecule has 1 unspecified atom stereocenters. The van der Waals surface area contributed by atoms with Gasteiger partial charge in [-0.25, -0.2) is 0 Å². The van der Waals surface area contributed by atoms with Crippen molar-refractivity contribution in [3.63, 3.8) is 0 Å². The van der Waals surface area contributed by atoms with E-state index in [-0.39, 0.29) is 0 Å². The maximum atomic E-state index is 5.73. The lowest BCUT2D eigenvalue weighted by molar-refractivity contribution is 0.270. The molecule has 1 rings (SSSR count). The Morgan fingerprint density at radius 2 is 2.36 bits per heavy atom. The van der Waals surface area contributed by atoms with Crippen molar-refractivity contribution in [2.24, 2.45) is 11.7 Å². The number of halogens is 1. The molecule has 1 fully saturated rings. The molecular formula is C11H21ClN2. The van der Waals surface area contributed by atoms with Gasteiger partial charge in [0.25, 0.3) is 0 Å². The van der Waals surface area contributed by atoms with Gasteiger partial charge in [0.2, 0.25) is 0 Å². The molecule has 0 aromatic carbocycles. The molecule has 1 heterocycles. The molecule has 1 aliphatic heterocycles. The Kier molecular flexibility index (Phi) is 5.53. The zero-order valence-electron chi connectivity index (χ0n) is 9.01. The molecule has 1 aliphatic rings. The Morgan fingerprint density at radius 3 is 3.00 bits per heavy atom. The first-order chi connectivity index (χ1) is 6.76. The summed E-state index contributed by atoms with van der Waals surface area (Å²) >= 11 is 5.67. The number of likely N-dealkylation sites (tertiary alicyclic amines) is 1. The van der Waals surface area contributed by atoms with Gasteiger partial charge in [-0.1, -0.05) is 18.0 Å². The third kappa shape index (κ3) is 3.99. The molecule has 0 saturated carbocycles. The number of hydrogen-bond acceptors (Lipinski definition) is 2. The minimum Gasteiger partial charge on any atom is -0.330 e. The lowest BCUT2D eigenvalue weighted by Gasteiger charge is -2.23. The van der Waals surface area contributed by atoms with Crippen LogP contribution in [0.5, 0.6) is 0 Å². The summed E-state index contributed by atoms with van der Waals surface area (Å²) in [7, 11) is 0. The van der Waals surface area contributed by atoms with Gasteiger partial charge < -0.3 is 5.73 Å². The molecule has 0 bridgehead atoms. The molecular weight excluding hydrogens is 196 g/mol. The molecule has 0 aromatic rings. The Balaban J connectivity index is 2.42. The zero-order chi connectivity index (χ0) is 10.4. The third-order valence-corrected chi connectivity index (χ3v) is 3.22. The van der Waals surface area contributed by atoms with Crippen molar-refractivity contribution in [3.8, 4) is 0 Å². The van der Waals surface area contributed by atoms with Crippen LogP contribution in [0.1, 0.15) is 26.2 Å². The van der Waals surface area contributed by atoms with Crippen LogP contribution in [0.15, 0.2) is 11.1 Å². The average Bonchev–Trinajstić information content (AvgIpc) is 2.42. The van der Waals surface area contributed by atoms with Crippen LogP contribution in [0.2, 0.25) is 0 Å². The largest absolute Gasteiger partial charge is 0.330 e. The number of nitrogens with two attached hydrogens (primary N) is 1. The van der Waals surface area contributed by atoms with E-state index >= 15 is 0 Å². The molecule has 1 saturated heterocycles. The minimum absolute atomic E-state index is 0.681. The Bertz CT molecular complexity index is 192. The standard InChI is InChI=1S/C11H21ClN2/c1-10(6-12)8-14-5-3-2-4-11(7-13)9-14/h6,11H,2-5,7-9,13H2,1H3/b10-6+. The highest BCUT2D eigenvalue weighted by Crippen LogP contribution is 2.16. The van der Waals surface area contributed by atoms with Crippen LogP contribution in [-0.4, -0.2) is 31.1 Å². The predicted octanol–water partition coefficient (Wildman–Crippen LogP) is 2.19. The van der Waals surface area contributed by atoms with E-state index in [1.807, 2.05) is 0 Å². The quantitative estimate of drug-likeness (QED) is 0.784. The lowest BCUT2D eigenvalue weighted by Crippen LogP contribution is -2.32. The monoisotopic (exact) mass is 216 g/mol. The molecule has 14 heavy (non-hydrogen) atoms. The average molecular weight is 217 g/mol. The van der Waals surface area contributed by atoms with Gasteiger partial charge >= 0.3 is 0 Å². The van der Waals surface area contributed by atoms with Crippen molar-refractivity contribution < 1.29 is 0 Å². The van der Waals surface area contributed by atoms with Crippen molar-refractivity contribution in [1.82, 2.24) is 4.90 Å². The summed E-state index contributed by atoms with van der Waals surface area (Å²) in [6.07, 6.45) is 3.91. The van der Waals surface area contributed by atoms with Crippen LogP contribution in [0, 0.1) is 5.92 Å². The molecule has 0 aliphatic carbocycles. The molecule has 1 atom stereocenters. The summed E-state index contributed by atoms with van der Waals surface area (Å²) in [5, 5.41) is 0. The van der Waals surface area contributed by atoms with Gasteiger partial charge in [0, 0.05) is 18.6 Å². The van der Waals surface area contributed by atoms with Crippen molar-refractivity contribution in [2.45, 2.75) is 26.2 Å². The van der Waals surface area contributed by atoms with E-state index in [1.165, 1.54) is 31.4 Å². The van der Waals surface area contributed by atoms with E-state index in [0.717, 1.165) is 19.6 Å². The maximum Gasteiger partial charge on any atom is 0.0201 e. The smallest absolute Gasteiger partial charge is 0.0201 e. The lowest BCUT2D eigenvalue weighted by atomic mass is 10.0. The highest BCUT2D eigenvalue weighted by atomic mass is 35.5. The Labute approximate surface area is 92.1 Å². The predicted molar refractivity (Wildman–Crippen MR) is 62.4 cm³/mol. The summed E-state index contributed by atoms with van der Waals surface area (Å²) in [6, 6.07) is 0. The number of hydrogen-bond donors (Lipinski definition) is 1. The van der Waals surface area contributed by atoms with Crippen LogP contribution >= 0.6 is 11.6 Å². The van der Waals surface area contributed by atoms with Crippen LogP contribution < -0.4 is 5.73 Å². The molecule has 2 N–H and O–H groups in total. The third-order valence-electron chi connectivity index (χ3n) is 2.85. The summed E-state index contributed by atoms with van der Waals surface area (Å²) in [5.74, 6) is 0.681. The highest BCUT2D eigenvalue weighted by molar-refractivity contribution is 6.25. The number of nitrogens with zero attached hydrogens (tertiary/aromatic N) is 1. The van der Waals surface area contributed by atoms with Gasteiger partial charge in [0.1, 0.15) is 0 Å². The van der Waals surface area contributed by atoms with Gasteiger partial charge in [-0.3, -0.25) is 4.90 Å². The molecule has 0 radical (unpaired) electrons. The first kappa shape index (κ1) is 12.0. The van der Waals surface area contributed by atoms with E-state index in [4.69, 9.17) is 17.3 Å². The first-order valence-corrected chi connectivity index (χ1v) is 5.88. The fraction of sp³-hybridized carbons (Fsp3) is 0.818. The molecule has 0 aromatic heterocycles. The minimum atomic E-state index is 0.681. The molecule has 3 heteroatoms. The van der Waals surface area contributed by atoms with Crippen molar-refractivity contribution >= 4 is 11.6 Å². The molecule has 0 spiro atoms. The van der Waals surface area contributed by atoms with Crippen molar-refractivity contribution in [1.29, 1.82) is 0 Å². The summed E-state index contributed by atoms with van der Waals surface area (Å²) in [5.41, 5.74) is 8.65. The van der Waals surface area contributed by atoms with Gasteiger partial charge in [-0.2, -0.15) is 0 Å². The second kappa shape index (κ2) is 6.44. The molecule has 82 valence electrons. The molecule has 2 nitrogen and oxygen atoms in total. The van der Waals surface area contributed by atoms with Crippen LogP contribution in [-0.2, 0) is 0 Å². The normalized spacial score (nSPS) is 26.2. The van der Waals surface area contributed by atoms with E-state index in [9.17, 15) is 0 Å². The van der Waals surface area contributed by atoms with Crippen LogP contribution in [0.4, 0.5) is 0 Å². The van der Waals surface area contributed by atoms with E-state index < -0.39 is 0 Å². The van der Waals surface area contributed by atoms with Crippen molar-refractivity contribution in [2.75, 3.05) is 26.2 Å². The Hall–Kier alpha value is -0.0500. The SMILES string of the molecule is C/C(=C\Cl)CN1CCCCC(CN)C1. The first-order valence-electron chi connectivity index (χ1n) is 5.44. The Morgan fingerprint density at radius 1 is 1.57 bits per heavy atom. The second-order valence-electron chi connectivity index (χ2n) is 4.29. The fourth-order valence-electron chi connectivity index (χ4n) is 2.04.